The van der Waals surface area contributed by atoms with Crippen molar-refractivity contribution in [2.45, 2.75) is 45.1 Å². The molecule has 8 heteroatoms. The molecule has 1 amide bonds. The van der Waals surface area contributed by atoms with Crippen LogP contribution in [0.4, 0.5) is 4.39 Å². The van der Waals surface area contributed by atoms with E-state index in [1.165, 1.54) is 0 Å². The molecule has 0 bridgehead atoms. The molecule has 0 radical (unpaired) electrons. The maximum Gasteiger partial charge on any atom is 0.223 e. The van der Waals surface area contributed by atoms with Gasteiger partial charge in [-0.25, -0.2) is 14.4 Å². The molecule has 4 atom stereocenters. The summed E-state index contributed by atoms with van der Waals surface area (Å²) in [6, 6.07) is 1.83. The summed E-state index contributed by atoms with van der Waals surface area (Å²) < 4.78 is 15.0. The lowest BCUT2D eigenvalue weighted by Crippen LogP contribution is -2.44. The van der Waals surface area contributed by atoms with E-state index in [1.807, 2.05) is 19.2 Å². The summed E-state index contributed by atoms with van der Waals surface area (Å²) in [6.07, 6.45) is 7.31. The number of aromatic nitrogens is 2. The van der Waals surface area contributed by atoms with Crippen LogP contribution in [0.25, 0.3) is 11.0 Å². The number of aromatic amines is 1. The fraction of sp³-hybridized carbons (Fsp3) is 0.476. The molecular weight excluding hydrogens is 393 g/mol. The van der Waals surface area contributed by atoms with E-state index < -0.39 is 5.41 Å². The number of nitrogens with one attached hydrogen (secondary N) is 2. The summed E-state index contributed by atoms with van der Waals surface area (Å²) in [4.78, 5) is 24.0. The number of hydrogen-bond donors (Lipinski definition) is 3. The summed E-state index contributed by atoms with van der Waals surface area (Å²) in [7, 11) is 0. The maximum atomic E-state index is 15.0. The molecule has 1 unspecified atom stereocenters. The van der Waals surface area contributed by atoms with Crippen LogP contribution in [0.3, 0.4) is 0 Å². The monoisotopic (exact) mass is 415 g/mol. The number of primary amides is 1. The molecule has 0 spiro atoms. The number of pyridine rings is 1. The lowest BCUT2D eigenvalue weighted by atomic mass is 9.73. The van der Waals surface area contributed by atoms with E-state index in [4.69, 9.17) is 22.3 Å². The van der Waals surface area contributed by atoms with Gasteiger partial charge < -0.3 is 16.0 Å². The fourth-order valence-electron chi connectivity index (χ4n) is 4.79. The summed E-state index contributed by atoms with van der Waals surface area (Å²) >= 11 is 6.13. The van der Waals surface area contributed by atoms with Gasteiger partial charge in [0.05, 0.1) is 10.7 Å². The number of halogens is 2. The predicted molar refractivity (Wildman–Crippen MR) is 110 cm³/mol. The van der Waals surface area contributed by atoms with Gasteiger partial charge in [-0.3, -0.25) is 4.79 Å². The number of carbonyl (C=O) groups excluding carboxylic acids is 1. The number of fused-ring (bicyclic) bond motifs is 2. The molecule has 2 aromatic rings. The van der Waals surface area contributed by atoms with Crippen LogP contribution in [0.2, 0.25) is 5.02 Å². The van der Waals surface area contributed by atoms with E-state index in [0.717, 1.165) is 48.0 Å². The number of nitrogens with two attached hydrogens (primary N) is 1. The summed E-state index contributed by atoms with van der Waals surface area (Å²) in [6.45, 7) is 1.89. The number of aliphatic imine (C=N–C) groups is 1. The minimum atomic E-state index is -0.560. The van der Waals surface area contributed by atoms with Gasteiger partial charge in [-0.1, -0.05) is 24.9 Å². The van der Waals surface area contributed by atoms with Crippen molar-refractivity contribution in [1.29, 1.82) is 0 Å². The molecular formula is C21H23ClFN5O. The Morgan fingerprint density at radius 3 is 3.07 bits per heavy atom. The quantitative estimate of drug-likeness (QED) is 0.708. The zero-order chi connectivity index (χ0) is 20.3. The lowest BCUT2D eigenvalue weighted by Gasteiger charge is -2.36. The van der Waals surface area contributed by atoms with E-state index in [2.05, 4.69) is 15.3 Å². The van der Waals surface area contributed by atoms with Crippen LogP contribution in [0.1, 0.15) is 44.6 Å². The van der Waals surface area contributed by atoms with E-state index in [-0.39, 0.29) is 29.6 Å². The molecule has 2 aliphatic carbocycles. The van der Waals surface area contributed by atoms with Gasteiger partial charge in [-0.15, -0.1) is 0 Å². The molecule has 152 valence electrons. The first-order chi connectivity index (χ1) is 13.9. The summed E-state index contributed by atoms with van der Waals surface area (Å²) in [5.74, 6) is -0.228. The van der Waals surface area contributed by atoms with E-state index in [1.54, 1.807) is 6.20 Å². The van der Waals surface area contributed by atoms with Gasteiger partial charge in [-0.05, 0) is 31.7 Å². The SMILES string of the molecule is C[C@@]1(C(N)=O)CCC[C@@H](NC2=C(F)C3C[C@H]3C(c3c[nH]c4ncc(Cl)cc34)=N2)C1. The zero-order valence-corrected chi connectivity index (χ0v) is 16.9. The number of amides is 1. The molecule has 4 N–H and O–H groups in total. The number of H-pyrrole nitrogens is 1. The predicted octanol–water partition coefficient (Wildman–Crippen LogP) is 3.82. The third kappa shape index (κ3) is 3.12. The highest BCUT2D eigenvalue weighted by atomic mass is 35.5. The van der Waals surface area contributed by atoms with E-state index in [9.17, 15) is 9.18 Å². The molecule has 1 aliphatic heterocycles. The minimum Gasteiger partial charge on any atom is -0.369 e. The Morgan fingerprint density at radius 2 is 2.28 bits per heavy atom. The van der Waals surface area contributed by atoms with Gasteiger partial charge in [0, 0.05) is 46.6 Å². The van der Waals surface area contributed by atoms with Crippen LogP contribution >= 0.6 is 11.6 Å². The summed E-state index contributed by atoms with van der Waals surface area (Å²) in [5.41, 5.74) is 7.56. The van der Waals surface area contributed by atoms with Crippen LogP contribution in [-0.4, -0.2) is 27.6 Å². The first-order valence-electron chi connectivity index (χ1n) is 10.0. The zero-order valence-electron chi connectivity index (χ0n) is 16.1. The van der Waals surface area contributed by atoms with Crippen molar-refractivity contribution in [2.75, 3.05) is 0 Å². The number of nitrogens with zero attached hydrogens (tertiary/aromatic N) is 2. The van der Waals surface area contributed by atoms with Gasteiger partial charge in [0.2, 0.25) is 5.91 Å². The Labute approximate surface area is 172 Å². The third-order valence-corrected chi connectivity index (χ3v) is 6.82. The second-order valence-electron chi connectivity index (χ2n) is 8.76. The largest absolute Gasteiger partial charge is 0.369 e. The van der Waals surface area contributed by atoms with Gasteiger partial charge in [-0.2, -0.15) is 0 Å². The van der Waals surface area contributed by atoms with Crippen molar-refractivity contribution >= 4 is 34.3 Å². The number of allylic oxidation sites excluding steroid dienone is 1. The molecule has 6 nitrogen and oxygen atoms in total. The van der Waals surface area contributed by atoms with Crippen molar-refractivity contribution in [1.82, 2.24) is 15.3 Å². The molecule has 2 fully saturated rings. The van der Waals surface area contributed by atoms with Crippen LogP contribution < -0.4 is 11.1 Å². The van der Waals surface area contributed by atoms with Crippen molar-refractivity contribution in [3.8, 4) is 0 Å². The van der Waals surface area contributed by atoms with E-state index >= 15 is 0 Å². The second-order valence-corrected chi connectivity index (χ2v) is 9.19. The first-order valence-corrected chi connectivity index (χ1v) is 10.4. The smallest absolute Gasteiger partial charge is 0.223 e. The molecule has 3 heterocycles. The van der Waals surface area contributed by atoms with Crippen molar-refractivity contribution in [2.24, 2.45) is 28.0 Å². The molecule has 0 saturated heterocycles. The topological polar surface area (TPSA) is 96.2 Å². The fourth-order valence-corrected chi connectivity index (χ4v) is 4.95. The summed E-state index contributed by atoms with van der Waals surface area (Å²) in [5, 5.41) is 4.73. The number of carbonyl (C=O) groups is 1. The first kappa shape index (κ1) is 18.6. The minimum absolute atomic E-state index is 0.0265. The van der Waals surface area contributed by atoms with E-state index in [0.29, 0.717) is 17.3 Å². The maximum absolute atomic E-state index is 15.0. The average molecular weight is 416 g/mol. The Hall–Kier alpha value is -2.41. The molecule has 29 heavy (non-hydrogen) atoms. The van der Waals surface area contributed by atoms with Crippen molar-refractivity contribution < 1.29 is 9.18 Å². The van der Waals surface area contributed by atoms with Crippen LogP contribution in [-0.2, 0) is 4.79 Å². The lowest BCUT2D eigenvalue weighted by molar-refractivity contribution is -0.128. The van der Waals surface area contributed by atoms with Gasteiger partial charge in [0.1, 0.15) is 11.5 Å². The highest BCUT2D eigenvalue weighted by molar-refractivity contribution is 6.31. The molecule has 2 saturated carbocycles. The Bertz CT molecular complexity index is 1080. The standard InChI is InChI=1S/C21H23ClFN5O/c1-21(20(24)29)4-2-3-11(7-21)27-19-16(23)12-6-13(12)17(28-19)15-9-26-18-14(15)5-10(22)8-25-18/h5,8-9,11-13,27H,2-4,6-7H2,1H3,(H2,24,29)(H,25,26)/t11-,12?,13-,21-/m1/s1. The van der Waals surface area contributed by atoms with Crippen molar-refractivity contribution in [3.63, 3.8) is 0 Å². The Kier molecular flexibility index (Phi) is 4.21. The van der Waals surface area contributed by atoms with Crippen LogP contribution in [0, 0.1) is 17.3 Å². The van der Waals surface area contributed by atoms with Crippen LogP contribution in [0.5, 0.6) is 0 Å². The van der Waals surface area contributed by atoms with Gasteiger partial charge in [0.15, 0.2) is 5.82 Å². The third-order valence-electron chi connectivity index (χ3n) is 6.61. The molecule has 0 aromatic carbocycles. The number of hydrogen-bond acceptors (Lipinski definition) is 4. The molecule has 3 aliphatic rings. The average Bonchev–Trinajstić information content (AvgIpc) is 3.38. The van der Waals surface area contributed by atoms with Gasteiger partial charge in [0.25, 0.3) is 0 Å². The Morgan fingerprint density at radius 1 is 1.45 bits per heavy atom. The number of rotatable bonds is 4. The van der Waals surface area contributed by atoms with Crippen LogP contribution in [0.15, 0.2) is 35.1 Å². The normalized spacial score (nSPS) is 31.4. The van der Waals surface area contributed by atoms with Crippen molar-refractivity contribution in [3.05, 3.63) is 40.7 Å². The molecule has 2 aromatic heterocycles. The highest BCUT2D eigenvalue weighted by Gasteiger charge is 2.49. The highest BCUT2D eigenvalue weighted by Crippen LogP contribution is 2.51. The Balaban J connectivity index is 1.46. The second kappa shape index (κ2) is 6.55. The molecule has 5 rings (SSSR count). The van der Waals surface area contributed by atoms with Gasteiger partial charge >= 0.3 is 0 Å².